The standard InChI is InChI=1S/C11H22B2O4/c1-8-9(2,3)15-12(14-8)13-16-10(4,5)11(6,7)17-13/h8H,1-7H3/p+2. The van der Waals surface area contributed by atoms with Gasteiger partial charge in [0.1, 0.15) is 11.7 Å². The zero-order valence-electron chi connectivity index (χ0n) is 11.9. The van der Waals surface area contributed by atoms with Crippen molar-refractivity contribution in [3.63, 3.8) is 0 Å². The summed E-state index contributed by atoms with van der Waals surface area (Å²) in [7, 11) is -0.537. The summed E-state index contributed by atoms with van der Waals surface area (Å²) < 4.78 is 21.3. The van der Waals surface area contributed by atoms with Crippen molar-refractivity contribution in [2.75, 3.05) is 0 Å². The van der Waals surface area contributed by atoms with E-state index < -0.39 is 0 Å². The van der Waals surface area contributed by atoms with Crippen molar-refractivity contribution in [3.05, 3.63) is 0 Å². The molecule has 6 heteroatoms. The van der Waals surface area contributed by atoms with E-state index in [0.29, 0.717) is 0 Å². The van der Waals surface area contributed by atoms with Crippen LogP contribution >= 0.6 is 0 Å². The molecule has 2 heterocycles. The van der Waals surface area contributed by atoms with Gasteiger partial charge in [0.15, 0.2) is 11.2 Å². The first-order valence-electron chi connectivity index (χ1n) is 6.32. The van der Waals surface area contributed by atoms with Crippen molar-refractivity contribution in [2.24, 2.45) is 0 Å². The number of rotatable bonds is 1. The van der Waals surface area contributed by atoms with Gasteiger partial charge >= 0.3 is 14.0 Å². The van der Waals surface area contributed by atoms with E-state index in [0.717, 1.165) is 0 Å². The first kappa shape index (κ1) is 13.4. The fraction of sp³-hybridized carbons (Fsp3) is 1.00. The van der Waals surface area contributed by atoms with Gasteiger partial charge in [0.05, 0.1) is 0 Å². The lowest BCUT2D eigenvalue weighted by Gasteiger charge is -2.28. The summed E-state index contributed by atoms with van der Waals surface area (Å²) in [6.07, 6.45) is 0.109. The highest BCUT2D eigenvalue weighted by Gasteiger charge is 2.75. The quantitative estimate of drug-likeness (QED) is 0.506. The van der Waals surface area contributed by atoms with Crippen molar-refractivity contribution in [1.29, 1.82) is 0 Å². The number of aliphatic hydroxyl groups is 2. The van der Waals surface area contributed by atoms with E-state index in [1.807, 2.05) is 0 Å². The zero-order valence-corrected chi connectivity index (χ0v) is 11.9. The Morgan fingerprint density at radius 3 is 1.88 bits per heavy atom. The predicted octanol–water partition coefficient (Wildman–Crippen LogP) is 0.882. The van der Waals surface area contributed by atoms with Gasteiger partial charge in [-0.25, -0.2) is 0 Å². The highest BCUT2D eigenvalue weighted by molar-refractivity contribution is 7.10. The fourth-order valence-corrected chi connectivity index (χ4v) is 2.04. The van der Waals surface area contributed by atoms with E-state index >= 15 is 0 Å². The van der Waals surface area contributed by atoms with Crippen molar-refractivity contribution in [2.45, 2.75) is 71.4 Å². The van der Waals surface area contributed by atoms with Crippen LogP contribution in [0, 0.1) is 0 Å². The minimum atomic E-state index is -0.274. The van der Waals surface area contributed by atoms with Crippen LogP contribution in [0.3, 0.4) is 0 Å². The molecular weight excluding hydrogens is 218 g/mol. The number of hydrogen-bond donors (Lipinski definition) is 0. The Hall–Kier alpha value is -0.0301. The van der Waals surface area contributed by atoms with Gasteiger partial charge in [-0.15, -0.1) is 0 Å². The molecular formula is C11H24B2O4+2. The molecule has 0 aromatic heterocycles. The van der Waals surface area contributed by atoms with Gasteiger partial charge in [-0.3, -0.25) is 0 Å². The molecule has 0 bridgehead atoms. The Kier molecular flexibility index (Phi) is 2.94. The maximum atomic E-state index is 6.00. The van der Waals surface area contributed by atoms with E-state index in [2.05, 4.69) is 53.1 Å². The molecule has 2 N–H and O–H groups in total. The van der Waals surface area contributed by atoms with Gasteiger partial charge < -0.3 is 18.6 Å². The summed E-state index contributed by atoms with van der Waals surface area (Å²) in [5.74, 6) is 0. The molecule has 2 aliphatic rings. The molecule has 96 valence electrons. The SMILES string of the molecule is CC1OB(B2OC(C)(C)C(C)(C)[OH+]2)[OH+]C1(C)C. The molecule has 0 aromatic carbocycles. The molecule has 17 heavy (non-hydrogen) atoms. The van der Waals surface area contributed by atoms with E-state index in [4.69, 9.17) is 14.0 Å². The molecule has 2 fully saturated rings. The highest BCUT2D eigenvalue weighted by Crippen LogP contribution is 2.37. The predicted molar refractivity (Wildman–Crippen MR) is 69.8 cm³/mol. The second-order valence-electron chi connectivity index (χ2n) is 6.66. The summed E-state index contributed by atoms with van der Waals surface area (Å²) in [6.45, 7) is 14.5. The lowest BCUT2D eigenvalue weighted by atomic mass is 9.49. The molecule has 1 unspecified atom stereocenters. The molecule has 0 saturated carbocycles. The van der Waals surface area contributed by atoms with Gasteiger partial charge in [0.2, 0.25) is 0 Å². The van der Waals surface area contributed by atoms with Crippen LogP contribution < -0.4 is 0 Å². The van der Waals surface area contributed by atoms with Crippen molar-refractivity contribution in [3.8, 4) is 0 Å². The maximum absolute atomic E-state index is 6.00. The van der Waals surface area contributed by atoms with Gasteiger partial charge in [-0.2, -0.15) is 0 Å². The molecule has 0 aliphatic carbocycles. The summed E-state index contributed by atoms with van der Waals surface area (Å²) in [5.41, 5.74) is -0.626. The van der Waals surface area contributed by atoms with Gasteiger partial charge in [0.25, 0.3) is 0 Å². The molecule has 0 amide bonds. The summed E-state index contributed by atoms with van der Waals surface area (Å²) in [4.78, 5) is 0. The normalized spacial score (nSPS) is 34.4. The van der Waals surface area contributed by atoms with Crippen LogP contribution in [0.2, 0.25) is 0 Å². The topological polar surface area (TPSA) is 44.1 Å². The van der Waals surface area contributed by atoms with Gasteiger partial charge in [0, 0.05) is 27.7 Å². The van der Waals surface area contributed by atoms with Crippen molar-refractivity contribution in [1.82, 2.24) is 0 Å². The Morgan fingerprint density at radius 1 is 0.941 bits per heavy atom. The van der Waals surface area contributed by atoms with Crippen LogP contribution in [-0.4, -0.2) is 46.2 Å². The average Bonchev–Trinajstić information content (AvgIpc) is 2.49. The minimum Gasteiger partial charge on any atom is -0.507 e. The van der Waals surface area contributed by atoms with Crippen LogP contribution in [0.1, 0.15) is 48.5 Å². The molecule has 0 spiro atoms. The monoisotopic (exact) mass is 242 g/mol. The zero-order chi connectivity index (χ0) is 13.1. The number of hydrogen-bond acceptors (Lipinski definition) is 2. The third kappa shape index (κ3) is 2.16. The van der Waals surface area contributed by atoms with E-state index in [-0.39, 0.29) is 36.9 Å². The van der Waals surface area contributed by atoms with Crippen LogP contribution in [0.5, 0.6) is 0 Å². The Bertz CT molecular complexity index is 301. The van der Waals surface area contributed by atoms with Crippen LogP contribution in [-0.2, 0) is 9.31 Å². The molecule has 1 atom stereocenters. The molecule has 2 saturated heterocycles. The third-order valence-corrected chi connectivity index (χ3v) is 4.38. The first-order chi connectivity index (χ1) is 7.55. The van der Waals surface area contributed by atoms with E-state index in [9.17, 15) is 0 Å². The van der Waals surface area contributed by atoms with Gasteiger partial charge in [-0.1, -0.05) is 0 Å². The van der Waals surface area contributed by atoms with Crippen LogP contribution in [0.15, 0.2) is 0 Å². The lowest BCUT2D eigenvalue weighted by Crippen LogP contribution is -2.46. The van der Waals surface area contributed by atoms with Gasteiger partial charge in [-0.05, 0) is 20.8 Å². The maximum Gasteiger partial charge on any atom is 0.800 e. The second kappa shape index (κ2) is 3.73. The Balaban J connectivity index is 2.08. The largest absolute Gasteiger partial charge is 0.800 e. The molecule has 2 aliphatic heterocycles. The summed E-state index contributed by atoms with van der Waals surface area (Å²) >= 11 is 0. The van der Waals surface area contributed by atoms with E-state index in [1.165, 1.54) is 0 Å². The average molecular weight is 242 g/mol. The highest BCUT2D eigenvalue weighted by atomic mass is 16.7. The lowest BCUT2D eigenvalue weighted by molar-refractivity contribution is -0.0714. The van der Waals surface area contributed by atoms with E-state index in [1.54, 1.807) is 0 Å². The third-order valence-electron chi connectivity index (χ3n) is 4.38. The smallest absolute Gasteiger partial charge is 0.507 e. The minimum absolute atomic E-state index is 0.109. The molecule has 0 radical (unpaired) electrons. The molecule has 4 nitrogen and oxygen atoms in total. The second-order valence-corrected chi connectivity index (χ2v) is 6.66. The fourth-order valence-electron chi connectivity index (χ4n) is 2.04. The summed E-state index contributed by atoms with van der Waals surface area (Å²) in [5, 5.41) is 0. The first-order valence-corrected chi connectivity index (χ1v) is 6.32. The Morgan fingerprint density at radius 2 is 1.53 bits per heavy atom. The molecule has 2 rings (SSSR count). The van der Waals surface area contributed by atoms with Crippen LogP contribution in [0.4, 0.5) is 0 Å². The molecule has 0 aromatic rings. The van der Waals surface area contributed by atoms with Crippen molar-refractivity contribution >= 4 is 14.0 Å². The van der Waals surface area contributed by atoms with Crippen molar-refractivity contribution < 1.29 is 18.6 Å². The Labute approximate surface area is 105 Å². The summed E-state index contributed by atoms with van der Waals surface area (Å²) in [6, 6.07) is 0. The van der Waals surface area contributed by atoms with Crippen LogP contribution in [0.25, 0.3) is 0 Å².